The third kappa shape index (κ3) is 8.89. The molecule has 1 aromatic heterocycles. The molecule has 0 amide bonds. The number of benzene rings is 1. The maximum Gasteiger partial charge on any atom is 0.331 e. The molecule has 2 N–H and O–H groups in total. The summed E-state index contributed by atoms with van der Waals surface area (Å²) in [6.07, 6.45) is 4.26. The molecule has 1 atom stereocenters. The number of hydrogen-bond donors (Lipinski definition) is 2. The SMILES string of the molecule is CC(C)NCC(COc1ccc(OCn2ccnn2)cc1)OC(=O)/C=C\C(=O)O. The van der Waals surface area contributed by atoms with Gasteiger partial charge in [0.25, 0.3) is 0 Å². The first kappa shape index (κ1) is 21.9. The lowest BCUT2D eigenvalue weighted by molar-refractivity contribution is -0.144. The van der Waals surface area contributed by atoms with Crippen LogP contribution < -0.4 is 14.8 Å². The van der Waals surface area contributed by atoms with E-state index in [0.29, 0.717) is 18.0 Å². The number of carboxylic acid groups (broad SMARTS) is 1. The van der Waals surface area contributed by atoms with Gasteiger partial charge in [-0.1, -0.05) is 19.1 Å². The molecule has 0 saturated heterocycles. The van der Waals surface area contributed by atoms with Gasteiger partial charge in [0, 0.05) is 30.9 Å². The van der Waals surface area contributed by atoms with Crippen molar-refractivity contribution < 1.29 is 28.9 Å². The maximum absolute atomic E-state index is 11.7. The number of esters is 1. The van der Waals surface area contributed by atoms with Crippen molar-refractivity contribution >= 4 is 11.9 Å². The van der Waals surface area contributed by atoms with Gasteiger partial charge in [-0.05, 0) is 24.3 Å². The second kappa shape index (κ2) is 11.4. The Balaban J connectivity index is 1.85. The van der Waals surface area contributed by atoms with Crippen molar-refractivity contribution in [3.05, 3.63) is 48.8 Å². The summed E-state index contributed by atoms with van der Waals surface area (Å²) in [5, 5.41) is 19.3. The van der Waals surface area contributed by atoms with Crippen molar-refractivity contribution in [3.8, 4) is 11.5 Å². The highest BCUT2D eigenvalue weighted by Gasteiger charge is 2.15. The molecule has 0 fully saturated rings. The number of aliphatic carboxylic acids is 1. The first-order valence-electron chi connectivity index (χ1n) is 8.97. The minimum atomic E-state index is -1.22. The molecular formula is C19H24N4O6. The minimum Gasteiger partial charge on any atom is -0.490 e. The van der Waals surface area contributed by atoms with Gasteiger partial charge in [-0.3, -0.25) is 0 Å². The summed E-state index contributed by atoms with van der Waals surface area (Å²) < 4.78 is 18.1. The first-order chi connectivity index (χ1) is 13.9. The Hall–Kier alpha value is -3.40. The number of carbonyl (C=O) groups excluding carboxylic acids is 1. The predicted octanol–water partition coefficient (Wildman–Crippen LogP) is 1.24. The van der Waals surface area contributed by atoms with Gasteiger partial charge >= 0.3 is 11.9 Å². The van der Waals surface area contributed by atoms with Crippen LogP contribution in [0.15, 0.2) is 48.8 Å². The molecule has 0 aliphatic carbocycles. The largest absolute Gasteiger partial charge is 0.490 e. The molecule has 0 bridgehead atoms. The van der Waals surface area contributed by atoms with Crippen LogP contribution in [0.4, 0.5) is 0 Å². The van der Waals surface area contributed by atoms with Crippen LogP contribution in [0.5, 0.6) is 11.5 Å². The van der Waals surface area contributed by atoms with E-state index < -0.39 is 18.0 Å². The molecule has 0 aliphatic heterocycles. The smallest absolute Gasteiger partial charge is 0.331 e. The molecule has 1 unspecified atom stereocenters. The van der Waals surface area contributed by atoms with Gasteiger partial charge in [0.2, 0.25) is 0 Å². The van der Waals surface area contributed by atoms with E-state index in [4.69, 9.17) is 19.3 Å². The van der Waals surface area contributed by atoms with Crippen LogP contribution in [0.2, 0.25) is 0 Å². The third-order valence-corrected chi connectivity index (χ3v) is 3.49. The summed E-state index contributed by atoms with van der Waals surface area (Å²) in [5.41, 5.74) is 0. The molecular weight excluding hydrogens is 380 g/mol. The van der Waals surface area contributed by atoms with E-state index in [2.05, 4.69) is 15.6 Å². The summed E-state index contributed by atoms with van der Waals surface area (Å²) in [6, 6.07) is 7.14. The zero-order valence-electron chi connectivity index (χ0n) is 16.2. The molecule has 2 rings (SSSR count). The van der Waals surface area contributed by atoms with E-state index in [1.807, 2.05) is 13.8 Å². The zero-order chi connectivity index (χ0) is 21.1. The fourth-order valence-electron chi connectivity index (χ4n) is 2.11. The van der Waals surface area contributed by atoms with E-state index in [9.17, 15) is 9.59 Å². The molecule has 0 radical (unpaired) electrons. The number of nitrogens with one attached hydrogen (secondary N) is 1. The Morgan fingerprint density at radius 1 is 1.17 bits per heavy atom. The number of aromatic nitrogens is 3. The maximum atomic E-state index is 11.7. The van der Waals surface area contributed by atoms with Crippen molar-refractivity contribution in [1.29, 1.82) is 0 Å². The van der Waals surface area contributed by atoms with E-state index in [0.717, 1.165) is 12.2 Å². The molecule has 0 spiro atoms. The second-order valence-electron chi connectivity index (χ2n) is 6.29. The van der Waals surface area contributed by atoms with Gasteiger partial charge in [0.15, 0.2) is 6.73 Å². The Bertz CT molecular complexity index is 790. The Morgan fingerprint density at radius 3 is 2.45 bits per heavy atom. The van der Waals surface area contributed by atoms with E-state index in [1.54, 1.807) is 41.3 Å². The molecule has 29 heavy (non-hydrogen) atoms. The topological polar surface area (TPSA) is 125 Å². The van der Waals surface area contributed by atoms with Crippen molar-refractivity contribution in [2.45, 2.75) is 32.7 Å². The van der Waals surface area contributed by atoms with Gasteiger partial charge in [0.05, 0.1) is 6.20 Å². The lowest BCUT2D eigenvalue weighted by atomic mass is 10.3. The third-order valence-electron chi connectivity index (χ3n) is 3.49. The molecule has 1 heterocycles. The Labute approximate surface area is 168 Å². The minimum absolute atomic E-state index is 0.103. The monoisotopic (exact) mass is 404 g/mol. The molecule has 1 aromatic carbocycles. The molecule has 10 nitrogen and oxygen atoms in total. The Morgan fingerprint density at radius 2 is 1.86 bits per heavy atom. The van der Waals surface area contributed by atoms with Crippen LogP contribution in [0.25, 0.3) is 0 Å². The lowest BCUT2D eigenvalue weighted by Crippen LogP contribution is -2.38. The number of rotatable bonds is 12. The average Bonchev–Trinajstić information content (AvgIpc) is 3.21. The zero-order valence-corrected chi connectivity index (χ0v) is 16.2. The van der Waals surface area contributed by atoms with Gasteiger partial charge in [-0.2, -0.15) is 0 Å². The van der Waals surface area contributed by atoms with Crippen LogP contribution >= 0.6 is 0 Å². The van der Waals surface area contributed by atoms with Crippen molar-refractivity contribution in [3.63, 3.8) is 0 Å². The summed E-state index contributed by atoms with van der Waals surface area (Å²) in [7, 11) is 0. The van der Waals surface area contributed by atoms with Crippen molar-refractivity contribution in [2.75, 3.05) is 13.2 Å². The fraction of sp³-hybridized carbons (Fsp3) is 0.368. The van der Waals surface area contributed by atoms with E-state index >= 15 is 0 Å². The lowest BCUT2D eigenvalue weighted by Gasteiger charge is -2.20. The normalized spacial score (nSPS) is 12.1. The van der Waals surface area contributed by atoms with Gasteiger partial charge in [0.1, 0.15) is 24.2 Å². The highest BCUT2D eigenvalue weighted by atomic mass is 16.6. The molecule has 0 saturated carbocycles. The molecule has 10 heteroatoms. The van der Waals surface area contributed by atoms with Gasteiger partial charge in [-0.25, -0.2) is 14.3 Å². The van der Waals surface area contributed by atoms with Gasteiger partial charge in [-0.15, -0.1) is 5.10 Å². The highest BCUT2D eigenvalue weighted by Crippen LogP contribution is 2.18. The fourth-order valence-corrected chi connectivity index (χ4v) is 2.11. The summed E-state index contributed by atoms with van der Waals surface area (Å²) >= 11 is 0. The number of hydrogen-bond acceptors (Lipinski definition) is 8. The summed E-state index contributed by atoms with van der Waals surface area (Å²) in [4.78, 5) is 22.3. The van der Waals surface area contributed by atoms with Crippen LogP contribution in [0, 0.1) is 0 Å². The van der Waals surface area contributed by atoms with E-state index in [-0.39, 0.29) is 19.4 Å². The number of carbonyl (C=O) groups is 2. The molecule has 0 aliphatic rings. The van der Waals surface area contributed by atoms with Gasteiger partial charge < -0.3 is 24.6 Å². The van der Waals surface area contributed by atoms with Crippen LogP contribution in [0.1, 0.15) is 13.8 Å². The van der Waals surface area contributed by atoms with Crippen molar-refractivity contribution in [2.24, 2.45) is 0 Å². The molecule has 2 aromatic rings. The Kier molecular flexibility index (Phi) is 8.64. The summed E-state index contributed by atoms with van der Waals surface area (Å²) in [5.74, 6) is -0.759. The quantitative estimate of drug-likeness (QED) is 0.397. The number of ether oxygens (including phenoxy) is 3. The van der Waals surface area contributed by atoms with Crippen molar-refractivity contribution in [1.82, 2.24) is 20.3 Å². The first-order valence-corrected chi connectivity index (χ1v) is 8.97. The number of nitrogens with zero attached hydrogens (tertiary/aromatic N) is 3. The standard InChI is InChI=1S/C19H24N4O6/c1-14(2)20-11-17(29-19(26)8-7-18(24)25)12-27-15-3-5-16(6-4-15)28-13-23-10-9-21-22-23/h3-10,14,17,20H,11-13H2,1-2H3,(H,24,25)/b8-7-. The highest BCUT2D eigenvalue weighted by molar-refractivity contribution is 5.90. The second-order valence-corrected chi connectivity index (χ2v) is 6.29. The van der Waals surface area contributed by atoms with E-state index in [1.165, 1.54) is 0 Å². The average molecular weight is 404 g/mol. The van der Waals surface area contributed by atoms with Crippen LogP contribution in [0.3, 0.4) is 0 Å². The number of carboxylic acids is 1. The van der Waals surface area contributed by atoms with Crippen LogP contribution in [-0.4, -0.2) is 57.3 Å². The molecule has 156 valence electrons. The van der Waals surface area contributed by atoms with Crippen LogP contribution in [-0.2, 0) is 21.1 Å². The predicted molar refractivity (Wildman–Crippen MR) is 102 cm³/mol. The summed E-state index contributed by atoms with van der Waals surface area (Å²) in [6.45, 7) is 4.63.